The molecular formula is C15H19N3O6S2. The van der Waals surface area contributed by atoms with Crippen molar-refractivity contribution < 1.29 is 26.7 Å². The van der Waals surface area contributed by atoms with Crippen LogP contribution >= 0.6 is 0 Å². The van der Waals surface area contributed by atoms with E-state index < -0.39 is 25.6 Å². The van der Waals surface area contributed by atoms with Gasteiger partial charge in [0.1, 0.15) is 12.1 Å². The van der Waals surface area contributed by atoms with Crippen LogP contribution in [0, 0.1) is 22.7 Å². The molecule has 0 saturated carbocycles. The van der Waals surface area contributed by atoms with Crippen molar-refractivity contribution in [3.8, 4) is 12.1 Å². The third kappa shape index (κ3) is 7.07. The third-order valence-corrected chi connectivity index (χ3v) is 6.49. The van der Waals surface area contributed by atoms with Crippen LogP contribution in [0.1, 0.15) is 17.5 Å². The van der Waals surface area contributed by atoms with Crippen LogP contribution in [0.2, 0.25) is 0 Å². The Morgan fingerprint density at radius 2 is 1.73 bits per heavy atom. The van der Waals surface area contributed by atoms with Gasteiger partial charge in [-0.2, -0.15) is 10.5 Å². The Morgan fingerprint density at radius 1 is 1.04 bits per heavy atom. The van der Waals surface area contributed by atoms with Crippen molar-refractivity contribution in [2.45, 2.75) is 11.3 Å². The van der Waals surface area contributed by atoms with Crippen molar-refractivity contribution in [1.29, 1.82) is 10.5 Å². The van der Waals surface area contributed by atoms with Gasteiger partial charge < -0.3 is 9.84 Å². The maximum atomic E-state index is 12.3. The first kappa shape index (κ1) is 22.0. The highest BCUT2D eigenvalue weighted by Crippen LogP contribution is 2.17. The minimum atomic E-state index is -3.78. The minimum absolute atomic E-state index is 0.0240. The summed E-state index contributed by atoms with van der Waals surface area (Å²) < 4.78 is 55.3. The van der Waals surface area contributed by atoms with Crippen LogP contribution in [0.3, 0.4) is 0 Å². The van der Waals surface area contributed by atoms with Crippen molar-refractivity contribution in [3.05, 3.63) is 29.3 Å². The van der Waals surface area contributed by atoms with E-state index in [0.29, 0.717) is 0 Å². The average Bonchev–Trinajstić information content (AvgIpc) is 2.60. The summed E-state index contributed by atoms with van der Waals surface area (Å²) in [5.41, 5.74) is 0.0207. The average molecular weight is 401 g/mol. The molecule has 0 spiro atoms. The van der Waals surface area contributed by atoms with Crippen LogP contribution in [0.4, 0.5) is 0 Å². The largest absolute Gasteiger partial charge is 0.394 e. The maximum Gasteiger partial charge on any atom is 0.211 e. The van der Waals surface area contributed by atoms with E-state index in [0.717, 1.165) is 6.07 Å². The fourth-order valence-corrected chi connectivity index (χ4v) is 4.55. The molecule has 0 unspecified atom stereocenters. The SMILES string of the molecule is N#Cc1ccc(S(=O)(=O)CCCS(=O)(=O)NCCOCCO)cc1C#N. The van der Waals surface area contributed by atoms with Gasteiger partial charge in [-0.25, -0.2) is 21.6 Å². The van der Waals surface area contributed by atoms with Crippen LogP contribution in [0.5, 0.6) is 0 Å². The number of benzene rings is 1. The van der Waals surface area contributed by atoms with Crippen LogP contribution in [0.25, 0.3) is 0 Å². The highest BCUT2D eigenvalue weighted by atomic mass is 32.2. The topological polar surface area (TPSA) is 157 Å². The van der Waals surface area contributed by atoms with Crippen molar-refractivity contribution >= 4 is 19.9 Å². The fourth-order valence-electron chi connectivity index (χ4n) is 1.97. The molecule has 0 saturated heterocycles. The first-order valence-electron chi connectivity index (χ1n) is 7.58. The molecular weight excluding hydrogens is 382 g/mol. The number of nitrogens with one attached hydrogen (secondary N) is 1. The van der Waals surface area contributed by atoms with Gasteiger partial charge in [0.25, 0.3) is 0 Å². The fraction of sp³-hybridized carbons (Fsp3) is 0.467. The van der Waals surface area contributed by atoms with Crippen LogP contribution < -0.4 is 4.72 Å². The quantitative estimate of drug-likeness (QED) is 0.471. The zero-order valence-electron chi connectivity index (χ0n) is 13.9. The monoisotopic (exact) mass is 401 g/mol. The van der Waals surface area contributed by atoms with Gasteiger partial charge >= 0.3 is 0 Å². The lowest BCUT2D eigenvalue weighted by molar-refractivity contribution is 0.0961. The van der Waals surface area contributed by atoms with E-state index in [2.05, 4.69) is 4.72 Å². The summed E-state index contributed by atoms with van der Waals surface area (Å²) in [7, 11) is -7.43. The zero-order chi connectivity index (χ0) is 19.6. The first-order valence-corrected chi connectivity index (χ1v) is 10.9. The van der Waals surface area contributed by atoms with Crippen LogP contribution in [-0.2, 0) is 24.6 Å². The Balaban J connectivity index is 2.61. The van der Waals surface area contributed by atoms with Crippen LogP contribution in [-0.4, -0.2) is 59.8 Å². The lowest BCUT2D eigenvalue weighted by atomic mass is 10.1. The number of rotatable bonds is 11. The Morgan fingerprint density at radius 3 is 2.35 bits per heavy atom. The second-order valence-electron chi connectivity index (χ2n) is 5.15. The molecule has 0 aromatic heterocycles. The number of sulfonamides is 1. The summed E-state index contributed by atoms with van der Waals surface area (Å²) in [6, 6.07) is 7.13. The Hall–Kier alpha value is -2.02. The van der Waals surface area contributed by atoms with Crippen molar-refractivity contribution in [2.24, 2.45) is 0 Å². The number of aliphatic hydroxyl groups is 1. The highest BCUT2D eigenvalue weighted by molar-refractivity contribution is 7.91. The van der Waals surface area contributed by atoms with Gasteiger partial charge in [-0.05, 0) is 24.6 Å². The minimum Gasteiger partial charge on any atom is -0.394 e. The van der Waals surface area contributed by atoms with Gasteiger partial charge in [-0.3, -0.25) is 0 Å². The van der Waals surface area contributed by atoms with Gasteiger partial charge in [0.05, 0.1) is 47.3 Å². The lowest BCUT2D eigenvalue weighted by Gasteiger charge is -2.08. The van der Waals surface area contributed by atoms with Gasteiger partial charge in [-0.15, -0.1) is 0 Å². The molecule has 0 fully saturated rings. The number of aliphatic hydroxyl groups excluding tert-OH is 1. The molecule has 1 rings (SSSR count). The summed E-state index contributed by atoms with van der Waals surface area (Å²) in [4.78, 5) is -0.129. The smallest absolute Gasteiger partial charge is 0.211 e. The molecule has 0 atom stereocenters. The molecule has 142 valence electrons. The van der Waals surface area contributed by atoms with Crippen molar-refractivity contribution in [3.63, 3.8) is 0 Å². The van der Waals surface area contributed by atoms with E-state index >= 15 is 0 Å². The van der Waals surface area contributed by atoms with E-state index in [4.69, 9.17) is 20.4 Å². The number of hydrogen-bond acceptors (Lipinski definition) is 8. The second-order valence-corrected chi connectivity index (χ2v) is 9.19. The lowest BCUT2D eigenvalue weighted by Crippen LogP contribution is -2.30. The summed E-state index contributed by atoms with van der Waals surface area (Å²) in [5.74, 6) is -0.792. The van der Waals surface area contributed by atoms with Gasteiger partial charge in [0, 0.05) is 6.54 Å². The molecule has 0 aliphatic heterocycles. The summed E-state index contributed by atoms with van der Waals surface area (Å²) in [5, 5.41) is 26.3. The summed E-state index contributed by atoms with van der Waals surface area (Å²) in [6.45, 7) is 0.0687. The van der Waals surface area contributed by atoms with E-state index in [1.807, 2.05) is 0 Å². The first-order chi connectivity index (χ1) is 12.3. The highest BCUT2D eigenvalue weighted by Gasteiger charge is 2.18. The molecule has 0 aliphatic carbocycles. The summed E-state index contributed by atoms with van der Waals surface area (Å²) in [6.07, 6.45) is -0.128. The Bertz CT molecular complexity index is 898. The molecule has 1 aromatic rings. The van der Waals surface area contributed by atoms with Gasteiger partial charge in [0.15, 0.2) is 9.84 Å². The second kappa shape index (κ2) is 10.2. The van der Waals surface area contributed by atoms with E-state index in [9.17, 15) is 16.8 Å². The third-order valence-electron chi connectivity index (χ3n) is 3.22. The molecule has 0 amide bonds. The van der Waals surface area contributed by atoms with E-state index in [1.165, 1.54) is 12.1 Å². The van der Waals surface area contributed by atoms with E-state index in [1.54, 1.807) is 12.1 Å². The number of nitrogens with zero attached hydrogens (tertiary/aromatic N) is 2. The maximum absolute atomic E-state index is 12.3. The van der Waals surface area contributed by atoms with Crippen molar-refractivity contribution in [2.75, 3.05) is 37.9 Å². The van der Waals surface area contributed by atoms with Gasteiger partial charge in [0.2, 0.25) is 10.0 Å². The molecule has 0 bridgehead atoms. The molecule has 0 heterocycles. The molecule has 9 nitrogen and oxygen atoms in total. The number of ether oxygens (including phenoxy) is 1. The normalized spacial score (nSPS) is 11.7. The summed E-state index contributed by atoms with van der Waals surface area (Å²) >= 11 is 0. The van der Waals surface area contributed by atoms with E-state index in [-0.39, 0.29) is 54.6 Å². The molecule has 26 heavy (non-hydrogen) atoms. The molecule has 2 N–H and O–H groups in total. The zero-order valence-corrected chi connectivity index (χ0v) is 15.5. The number of sulfone groups is 1. The standard InChI is InChI=1S/C15H19N3O6S2/c16-11-13-2-3-15(10-14(13)12-17)25(20,21)8-1-9-26(22,23)18-4-6-24-7-5-19/h2-3,10,18-19H,1,4-9H2. The molecule has 0 aliphatic rings. The number of hydrogen-bond donors (Lipinski definition) is 2. The van der Waals surface area contributed by atoms with Crippen LogP contribution in [0.15, 0.2) is 23.1 Å². The number of nitriles is 2. The molecule has 11 heteroatoms. The predicted molar refractivity (Wildman–Crippen MR) is 92.2 cm³/mol. The Kier molecular flexibility index (Phi) is 8.65. The van der Waals surface area contributed by atoms with Crippen molar-refractivity contribution in [1.82, 2.24) is 4.72 Å². The predicted octanol–water partition coefficient (Wildman–Crippen LogP) is -0.478. The Labute approximate surface area is 152 Å². The molecule has 1 aromatic carbocycles. The molecule has 0 radical (unpaired) electrons. The van der Waals surface area contributed by atoms with Gasteiger partial charge in [-0.1, -0.05) is 0 Å².